The minimum absolute atomic E-state index is 0.151. The summed E-state index contributed by atoms with van der Waals surface area (Å²) in [6.07, 6.45) is 2.11. The van der Waals surface area contributed by atoms with Crippen molar-refractivity contribution in [1.82, 2.24) is 4.98 Å². The van der Waals surface area contributed by atoms with Crippen molar-refractivity contribution in [2.75, 3.05) is 5.32 Å². The first-order valence-corrected chi connectivity index (χ1v) is 6.20. The number of aromatic carboxylic acids is 1. The first-order chi connectivity index (χ1) is 9.61. The Morgan fingerprint density at radius 3 is 2.70 bits per heavy atom. The van der Waals surface area contributed by atoms with Crippen molar-refractivity contribution in [3.8, 4) is 0 Å². The molecular formula is C15H14N2O3. The molecule has 0 saturated carbocycles. The number of benzene rings is 1. The molecule has 0 saturated heterocycles. The summed E-state index contributed by atoms with van der Waals surface area (Å²) in [5.41, 5.74) is 1.87. The zero-order chi connectivity index (χ0) is 14.5. The van der Waals surface area contributed by atoms with Crippen molar-refractivity contribution in [2.45, 2.75) is 13.3 Å². The third-order valence-corrected chi connectivity index (χ3v) is 2.89. The molecule has 0 aliphatic carbocycles. The van der Waals surface area contributed by atoms with Crippen LogP contribution in [0.3, 0.4) is 0 Å². The highest BCUT2D eigenvalue weighted by Gasteiger charge is 2.11. The molecule has 1 aromatic heterocycles. The van der Waals surface area contributed by atoms with Crippen LogP contribution in [-0.2, 0) is 6.42 Å². The zero-order valence-corrected chi connectivity index (χ0v) is 11.0. The molecule has 0 aliphatic heterocycles. The van der Waals surface area contributed by atoms with Crippen LogP contribution >= 0.6 is 0 Å². The number of hydrogen-bond donors (Lipinski definition) is 2. The number of pyridine rings is 1. The Hall–Kier alpha value is -2.69. The fraction of sp³-hybridized carbons (Fsp3) is 0.133. The van der Waals surface area contributed by atoms with Gasteiger partial charge in [0.1, 0.15) is 5.69 Å². The fourth-order valence-corrected chi connectivity index (χ4v) is 1.83. The summed E-state index contributed by atoms with van der Waals surface area (Å²) in [5.74, 6) is -1.51. The molecule has 1 aromatic carbocycles. The highest BCUT2D eigenvalue weighted by molar-refractivity contribution is 6.05. The van der Waals surface area contributed by atoms with E-state index in [-0.39, 0.29) is 17.2 Å². The second-order valence-corrected chi connectivity index (χ2v) is 4.20. The van der Waals surface area contributed by atoms with Gasteiger partial charge in [-0.2, -0.15) is 0 Å². The van der Waals surface area contributed by atoms with Gasteiger partial charge in [-0.25, -0.2) is 9.78 Å². The molecule has 102 valence electrons. The summed E-state index contributed by atoms with van der Waals surface area (Å²) in [5, 5.41) is 11.7. The SMILES string of the molecule is CCc1ccccc1NC(=O)c1ccnc(C(=O)O)c1. The largest absolute Gasteiger partial charge is 0.477 e. The molecule has 2 N–H and O–H groups in total. The standard InChI is InChI=1S/C15H14N2O3/c1-2-10-5-3-4-6-12(10)17-14(18)11-7-8-16-13(9-11)15(19)20/h3-9H,2H2,1H3,(H,17,18)(H,19,20). The number of carboxylic acid groups (broad SMARTS) is 1. The Balaban J connectivity index is 2.24. The van der Waals surface area contributed by atoms with Crippen molar-refractivity contribution in [3.63, 3.8) is 0 Å². The van der Waals surface area contributed by atoms with E-state index in [9.17, 15) is 9.59 Å². The molecule has 1 heterocycles. The third-order valence-electron chi connectivity index (χ3n) is 2.89. The van der Waals surface area contributed by atoms with E-state index < -0.39 is 5.97 Å². The van der Waals surface area contributed by atoms with Gasteiger partial charge in [0.15, 0.2) is 0 Å². The lowest BCUT2D eigenvalue weighted by Crippen LogP contribution is -2.14. The number of rotatable bonds is 4. The normalized spacial score (nSPS) is 10.1. The van der Waals surface area contributed by atoms with Gasteiger partial charge in [-0.15, -0.1) is 0 Å². The number of hydrogen-bond acceptors (Lipinski definition) is 3. The lowest BCUT2D eigenvalue weighted by molar-refractivity contribution is 0.0690. The van der Waals surface area contributed by atoms with Crippen molar-refractivity contribution in [3.05, 3.63) is 59.4 Å². The predicted octanol–water partition coefficient (Wildman–Crippen LogP) is 2.59. The van der Waals surface area contributed by atoms with Gasteiger partial charge in [0.25, 0.3) is 5.91 Å². The Kier molecular flexibility index (Phi) is 4.10. The molecule has 0 spiro atoms. The summed E-state index contributed by atoms with van der Waals surface area (Å²) < 4.78 is 0. The highest BCUT2D eigenvalue weighted by atomic mass is 16.4. The predicted molar refractivity (Wildman–Crippen MR) is 75.0 cm³/mol. The molecule has 2 rings (SSSR count). The summed E-state index contributed by atoms with van der Waals surface area (Å²) in [4.78, 5) is 26.6. The van der Waals surface area contributed by atoms with Crippen LogP contribution in [0.2, 0.25) is 0 Å². The van der Waals surface area contributed by atoms with Crippen LogP contribution in [0.1, 0.15) is 33.3 Å². The van der Waals surface area contributed by atoms with Crippen LogP contribution < -0.4 is 5.32 Å². The summed E-state index contributed by atoms with van der Waals surface area (Å²) in [6.45, 7) is 2.00. The van der Waals surface area contributed by atoms with E-state index in [1.807, 2.05) is 31.2 Å². The third kappa shape index (κ3) is 3.00. The molecule has 0 bridgehead atoms. The number of nitrogens with one attached hydrogen (secondary N) is 1. The summed E-state index contributed by atoms with van der Waals surface area (Å²) >= 11 is 0. The average Bonchev–Trinajstić information content (AvgIpc) is 2.48. The fourth-order valence-electron chi connectivity index (χ4n) is 1.83. The second-order valence-electron chi connectivity index (χ2n) is 4.20. The first-order valence-electron chi connectivity index (χ1n) is 6.20. The molecule has 0 unspecified atom stereocenters. The van der Waals surface area contributed by atoms with Crippen LogP contribution in [0.15, 0.2) is 42.6 Å². The first kappa shape index (κ1) is 13.7. The van der Waals surface area contributed by atoms with Gasteiger partial charge in [0.05, 0.1) is 0 Å². The Labute approximate surface area is 116 Å². The number of aromatic nitrogens is 1. The molecule has 5 nitrogen and oxygen atoms in total. The molecule has 2 aromatic rings. The van der Waals surface area contributed by atoms with Crippen LogP contribution in [0, 0.1) is 0 Å². The topological polar surface area (TPSA) is 79.3 Å². The van der Waals surface area contributed by atoms with Gasteiger partial charge in [-0.1, -0.05) is 25.1 Å². The summed E-state index contributed by atoms with van der Waals surface area (Å²) in [6, 6.07) is 10.2. The quantitative estimate of drug-likeness (QED) is 0.895. The number of nitrogens with zero attached hydrogens (tertiary/aromatic N) is 1. The van der Waals surface area contributed by atoms with E-state index in [4.69, 9.17) is 5.11 Å². The van der Waals surface area contributed by atoms with E-state index in [1.54, 1.807) is 0 Å². The molecule has 5 heteroatoms. The smallest absolute Gasteiger partial charge is 0.354 e. The molecular weight excluding hydrogens is 256 g/mol. The van der Waals surface area contributed by atoms with Gasteiger partial charge in [-0.05, 0) is 30.2 Å². The van der Waals surface area contributed by atoms with Gasteiger partial charge in [-0.3, -0.25) is 4.79 Å². The van der Waals surface area contributed by atoms with Gasteiger partial charge in [0.2, 0.25) is 0 Å². The van der Waals surface area contributed by atoms with E-state index >= 15 is 0 Å². The zero-order valence-electron chi connectivity index (χ0n) is 11.0. The highest BCUT2D eigenvalue weighted by Crippen LogP contribution is 2.16. The number of carbonyl (C=O) groups excluding carboxylic acids is 1. The van der Waals surface area contributed by atoms with Gasteiger partial charge < -0.3 is 10.4 Å². The second kappa shape index (κ2) is 5.97. The number of carboxylic acids is 1. The number of amides is 1. The lowest BCUT2D eigenvalue weighted by Gasteiger charge is -2.09. The molecule has 0 aliphatic rings. The van der Waals surface area contributed by atoms with Crippen molar-refractivity contribution >= 4 is 17.6 Å². The number of anilines is 1. The molecule has 20 heavy (non-hydrogen) atoms. The minimum Gasteiger partial charge on any atom is -0.477 e. The van der Waals surface area contributed by atoms with Gasteiger partial charge >= 0.3 is 5.97 Å². The van der Waals surface area contributed by atoms with Crippen LogP contribution in [0.4, 0.5) is 5.69 Å². The maximum Gasteiger partial charge on any atom is 0.354 e. The monoisotopic (exact) mass is 270 g/mol. The Morgan fingerprint density at radius 1 is 1.25 bits per heavy atom. The number of carbonyl (C=O) groups is 2. The van der Waals surface area contributed by atoms with E-state index in [0.29, 0.717) is 0 Å². The van der Waals surface area contributed by atoms with Crippen LogP contribution in [-0.4, -0.2) is 22.0 Å². The van der Waals surface area contributed by atoms with E-state index in [0.717, 1.165) is 17.7 Å². The average molecular weight is 270 g/mol. The maximum absolute atomic E-state index is 12.1. The van der Waals surface area contributed by atoms with Crippen molar-refractivity contribution in [1.29, 1.82) is 0 Å². The number of aryl methyl sites for hydroxylation is 1. The minimum atomic E-state index is -1.16. The van der Waals surface area contributed by atoms with Crippen molar-refractivity contribution in [2.24, 2.45) is 0 Å². The molecule has 1 amide bonds. The van der Waals surface area contributed by atoms with Crippen LogP contribution in [0.5, 0.6) is 0 Å². The maximum atomic E-state index is 12.1. The molecule has 0 atom stereocenters. The van der Waals surface area contributed by atoms with E-state index in [2.05, 4.69) is 10.3 Å². The summed E-state index contributed by atoms with van der Waals surface area (Å²) in [7, 11) is 0. The van der Waals surface area contributed by atoms with E-state index in [1.165, 1.54) is 18.3 Å². The van der Waals surface area contributed by atoms with Gasteiger partial charge in [0, 0.05) is 17.4 Å². The lowest BCUT2D eigenvalue weighted by atomic mass is 10.1. The van der Waals surface area contributed by atoms with Crippen molar-refractivity contribution < 1.29 is 14.7 Å². The number of para-hydroxylation sites is 1. The Bertz CT molecular complexity index is 653. The molecule has 0 fully saturated rings. The van der Waals surface area contributed by atoms with Crippen LogP contribution in [0.25, 0.3) is 0 Å². The Morgan fingerprint density at radius 2 is 2.00 bits per heavy atom. The molecule has 0 radical (unpaired) electrons.